The molecule has 0 amide bonds. The molecule has 1 aliphatic rings. The van der Waals surface area contributed by atoms with Crippen LogP contribution >= 0.6 is 0 Å². The Morgan fingerprint density at radius 1 is 1.19 bits per heavy atom. The normalized spacial score (nSPS) is 15.8. The van der Waals surface area contributed by atoms with E-state index < -0.39 is 14.6 Å². The fourth-order valence-corrected chi connectivity index (χ4v) is 2.89. The summed E-state index contributed by atoms with van der Waals surface area (Å²) in [5.41, 5.74) is 1.77. The van der Waals surface area contributed by atoms with Crippen LogP contribution in [0.2, 0.25) is 0 Å². The Morgan fingerprint density at radius 3 is 2.38 bits per heavy atom. The van der Waals surface area contributed by atoms with E-state index in [-0.39, 0.29) is 0 Å². The van der Waals surface area contributed by atoms with Crippen molar-refractivity contribution in [3.8, 4) is 0 Å². The number of aliphatic imine (C=N–C) groups is 1. The zero-order valence-electron chi connectivity index (χ0n) is 9.69. The third kappa shape index (κ3) is 1.67. The molecule has 1 aromatic carbocycles. The fourth-order valence-electron chi connectivity index (χ4n) is 1.61. The van der Waals surface area contributed by atoms with Crippen LogP contribution in [-0.4, -0.2) is 18.2 Å². The Kier molecular flexibility index (Phi) is 2.42. The van der Waals surface area contributed by atoms with Crippen LogP contribution in [0, 0.1) is 0 Å². The van der Waals surface area contributed by atoms with E-state index in [2.05, 4.69) is 4.99 Å². The lowest BCUT2D eigenvalue weighted by atomic mass is 10.2. The summed E-state index contributed by atoms with van der Waals surface area (Å²) in [6, 6.07) is 7.54. The van der Waals surface area contributed by atoms with Gasteiger partial charge in [-0.1, -0.05) is 18.2 Å². The van der Waals surface area contributed by atoms with Crippen molar-refractivity contribution >= 4 is 20.6 Å². The van der Waals surface area contributed by atoms with E-state index in [1.807, 2.05) is 24.3 Å². The van der Waals surface area contributed by atoms with Gasteiger partial charge in [-0.25, -0.2) is 13.4 Å². The quantitative estimate of drug-likeness (QED) is 0.696. The minimum Gasteiger partial charge on any atom is -0.241 e. The highest BCUT2D eigenvalue weighted by atomic mass is 32.2. The van der Waals surface area contributed by atoms with Crippen LogP contribution in [-0.2, 0) is 16.3 Å². The van der Waals surface area contributed by atoms with Gasteiger partial charge in [-0.3, -0.25) is 0 Å². The Bertz CT molecular complexity index is 551. The molecule has 0 atom stereocenters. The molecular weight excluding hydrogens is 222 g/mol. The molecule has 3 nitrogen and oxygen atoms in total. The lowest BCUT2D eigenvalue weighted by Crippen LogP contribution is -2.34. The molecule has 2 rings (SSSR count). The van der Waals surface area contributed by atoms with Crippen LogP contribution in [0.4, 0.5) is 5.69 Å². The molecular formula is C12H15NO2S. The minimum absolute atomic E-state index is 0.293. The van der Waals surface area contributed by atoms with Crippen LogP contribution in [0.15, 0.2) is 29.3 Å². The molecule has 0 spiro atoms. The molecule has 1 aromatic rings. The first-order valence-electron chi connectivity index (χ1n) is 5.22. The van der Waals surface area contributed by atoms with Crippen LogP contribution in [0.25, 0.3) is 0 Å². The van der Waals surface area contributed by atoms with E-state index in [1.165, 1.54) is 0 Å². The van der Waals surface area contributed by atoms with Gasteiger partial charge in [0.2, 0.25) is 0 Å². The predicted octanol–water partition coefficient (Wildman–Crippen LogP) is 2.49. The number of para-hydroxylation sites is 1. The van der Waals surface area contributed by atoms with Gasteiger partial charge in [0.15, 0.2) is 9.84 Å². The maximum Gasteiger partial charge on any atom is 0.196 e. The molecule has 1 aliphatic heterocycles. The van der Waals surface area contributed by atoms with E-state index in [4.69, 9.17) is 0 Å². The van der Waals surface area contributed by atoms with Crippen molar-refractivity contribution in [1.82, 2.24) is 0 Å². The van der Waals surface area contributed by atoms with Gasteiger partial charge in [-0.15, -0.1) is 0 Å². The molecule has 0 radical (unpaired) electrons. The number of sulfone groups is 1. The summed E-state index contributed by atoms with van der Waals surface area (Å²) in [6.45, 7) is 5.11. The van der Waals surface area contributed by atoms with Crippen molar-refractivity contribution in [2.24, 2.45) is 4.99 Å². The zero-order valence-corrected chi connectivity index (χ0v) is 10.5. The van der Waals surface area contributed by atoms with E-state index >= 15 is 0 Å². The van der Waals surface area contributed by atoms with Gasteiger partial charge in [0.1, 0.15) is 5.04 Å². The molecule has 86 valence electrons. The van der Waals surface area contributed by atoms with E-state index in [0.29, 0.717) is 11.5 Å². The van der Waals surface area contributed by atoms with Crippen molar-refractivity contribution < 1.29 is 8.42 Å². The number of hydrogen-bond acceptors (Lipinski definition) is 3. The first kappa shape index (κ1) is 11.3. The standard InChI is InChI=1S/C12H15NO2S/c1-12(2,3)16(14,15)11-8-9-6-4-5-7-10(9)13-11/h4-7H,8H2,1-3H3. The highest BCUT2D eigenvalue weighted by Crippen LogP contribution is 2.31. The first-order valence-corrected chi connectivity index (χ1v) is 6.71. The fraction of sp³-hybridized carbons (Fsp3) is 0.417. The van der Waals surface area contributed by atoms with Gasteiger partial charge in [0.05, 0.1) is 10.4 Å². The van der Waals surface area contributed by atoms with Gasteiger partial charge in [0, 0.05) is 6.42 Å². The molecule has 4 heteroatoms. The van der Waals surface area contributed by atoms with Crippen molar-refractivity contribution in [3.63, 3.8) is 0 Å². The Balaban J connectivity index is 2.44. The topological polar surface area (TPSA) is 46.5 Å². The first-order chi connectivity index (χ1) is 7.32. The number of fused-ring (bicyclic) bond motifs is 1. The van der Waals surface area contributed by atoms with Crippen LogP contribution in [0.1, 0.15) is 26.3 Å². The van der Waals surface area contributed by atoms with Gasteiger partial charge in [-0.2, -0.15) is 0 Å². The smallest absolute Gasteiger partial charge is 0.196 e. The lowest BCUT2D eigenvalue weighted by molar-refractivity contribution is 0.572. The average molecular weight is 237 g/mol. The maximum atomic E-state index is 12.2. The molecule has 0 unspecified atom stereocenters. The molecule has 0 fully saturated rings. The summed E-state index contributed by atoms with van der Waals surface area (Å²) in [6.07, 6.45) is 0.426. The minimum atomic E-state index is -3.29. The molecule has 1 heterocycles. The van der Waals surface area contributed by atoms with Crippen molar-refractivity contribution in [1.29, 1.82) is 0 Å². The number of nitrogens with zero attached hydrogens (tertiary/aromatic N) is 1. The van der Waals surface area contributed by atoms with Crippen LogP contribution < -0.4 is 0 Å². The molecule has 0 N–H and O–H groups in total. The Morgan fingerprint density at radius 2 is 1.81 bits per heavy atom. The Hall–Kier alpha value is -1.16. The molecule has 0 saturated heterocycles. The Labute approximate surface area is 96.1 Å². The van der Waals surface area contributed by atoms with Crippen molar-refractivity contribution in [2.75, 3.05) is 0 Å². The van der Waals surface area contributed by atoms with Gasteiger partial charge < -0.3 is 0 Å². The summed E-state index contributed by atoms with van der Waals surface area (Å²) < 4.78 is 23.6. The number of benzene rings is 1. The van der Waals surface area contributed by atoms with Crippen LogP contribution in [0.3, 0.4) is 0 Å². The summed E-state index contributed by atoms with van der Waals surface area (Å²) in [5.74, 6) is 0. The molecule has 0 saturated carbocycles. The molecule has 0 aliphatic carbocycles. The average Bonchev–Trinajstić information content (AvgIpc) is 2.59. The highest BCUT2D eigenvalue weighted by Gasteiger charge is 2.36. The zero-order chi connectivity index (χ0) is 12.0. The van der Waals surface area contributed by atoms with E-state index in [0.717, 1.165) is 11.3 Å². The summed E-state index contributed by atoms with van der Waals surface area (Å²) >= 11 is 0. The van der Waals surface area contributed by atoms with Gasteiger partial charge in [-0.05, 0) is 32.4 Å². The number of hydrogen-bond donors (Lipinski definition) is 0. The molecule has 0 aromatic heterocycles. The summed E-state index contributed by atoms with van der Waals surface area (Å²) in [5, 5.41) is 0.293. The third-order valence-electron chi connectivity index (χ3n) is 2.69. The van der Waals surface area contributed by atoms with Crippen LogP contribution in [0.5, 0.6) is 0 Å². The second kappa shape index (κ2) is 3.42. The van der Waals surface area contributed by atoms with E-state index in [1.54, 1.807) is 20.8 Å². The molecule has 0 bridgehead atoms. The second-order valence-corrected chi connectivity index (χ2v) is 7.63. The molecule has 16 heavy (non-hydrogen) atoms. The largest absolute Gasteiger partial charge is 0.241 e. The second-order valence-electron chi connectivity index (χ2n) is 4.93. The predicted molar refractivity (Wildman–Crippen MR) is 65.9 cm³/mol. The van der Waals surface area contributed by atoms with Crippen molar-refractivity contribution in [2.45, 2.75) is 31.9 Å². The highest BCUT2D eigenvalue weighted by molar-refractivity contribution is 8.07. The third-order valence-corrected chi connectivity index (χ3v) is 5.16. The SMILES string of the molecule is CC(C)(C)S(=O)(=O)C1=Nc2ccccc2C1. The monoisotopic (exact) mass is 237 g/mol. The van der Waals surface area contributed by atoms with E-state index in [9.17, 15) is 8.42 Å². The van der Waals surface area contributed by atoms with Gasteiger partial charge >= 0.3 is 0 Å². The lowest BCUT2D eigenvalue weighted by Gasteiger charge is -2.18. The summed E-state index contributed by atoms with van der Waals surface area (Å²) in [4.78, 5) is 4.22. The van der Waals surface area contributed by atoms with Crippen molar-refractivity contribution in [3.05, 3.63) is 29.8 Å². The maximum absolute atomic E-state index is 12.2. The number of rotatable bonds is 0. The summed E-state index contributed by atoms with van der Waals surface area (Å²) in [7, 11) is -3.29. The van der Waals surface area contributed by atoms with Gasteiger partial charge in [0.25, 0.3) is 0 Å².